The number of hydrogen-bond donors (Lipinski definition) is 1. The number of carbonyl (C=O) groups is 2. The summed E-state index contributed by atoms with van der Waals surface area (Å²) in [4.78, 5) is 25.1. The molecule has 2 rings (SSSR count). The molecule has 108 valence electrons. The highest BCUT2D eigenvalue weighted by atomic mass is 35.5. The van der Waals surface area contributed by atoms with Gasteiger partial charge in [0.2, 0.25) is 11.8 Å². The summed E-state index contributed by atoms with van der Waals surface area (Å²) < 4.78 is 0. The van der Waals surface area contributed by atoms with Crippen LogP contribution < -0.4 is 5.32 Å². The molecule has 1 aromatic carbocycles. The molecule has 1 heterocycles. The van der Waals surface area contributed by atoms with Crippen LogP contribution in [0.1, 0.15) is 18.9 Å². The van der Waals surface area contributed by atoms with Gasteiger partial charge in [-0.15, -0.1) is 0 Å². The van der Waals surface area contributed by atoms with E-state index in [4.69, 9.17) is 11.6 Å². The van der Waals surface area contributed by atoms with E-state index >= 15 is 0 Å². The maximum Gasteiger partial charge on any atom is 0.225 e. The average molecular weight is 295 g/mol. The van der Waals surface area contributed by atoms with Crippen molar-refractivity contribution in [3.63, 3.8) is 0 Å². The lowest BCUT2D eigenvalue weighted by Crippen LogP contribution is -2.39. The Morgan fingerprint density at radius 3 is 2.90 bits per heavy atom. The molecule has 5 heteroatoms. The monoisotopic (exact) mass is 294 g/mol. The van der Waals surface area contributed by atoms with E-state index in [2.05, 4.69) is 5.32 Å². The molecule has 0 spiro atoms. The van der Waals surface area contributed by atoms with Crippen molar-refractivity contribution in [1.29, 1.82) is 0 Å². The molecule has 1 N–H and O–H groups in total. The Kier molecular flexibility index (Phi) is 4.65. The molecular formula is C15H19ClN2O2. The second kappa shape index (κ2) is 6.27. The van der Waals surface area contributed by atoms with Gasteiger partial charge in [0, 0.05) is 31.1 Å². The van der Waals surface area contributed by atoms with Crippen LogP contribution in [-0.4, -0.2) is 36.3 Å². The summed E-state index contributed by atoms with van der Waals surface area (Å²) in [5.41, 5.74) is 1.09. The number of rotatable bonds is 4. The molecule has 0 aromatic heterocycles. The fraction of sp³-hybridized carbons (Fsp3) is 0.467. The summed E-state index contributed by atoms with van der Waals surface area (Å²) in [6.45, 7) is 2.47. The zero-order valence-corrected chi connectivity index (χ0v) is 12.5. The number of halogens is 1. The summed E-state index contributed by atoms with van der Waals surface area (Å²) in [7, 11) is 1.73. The molecule has 0 aliphatic carbocycles. The predicted octanol–water partition coefficient (Wildman–Crippen LogP) is 1.87. The van der Waals surface area contributed by atoms with Crippen LogP contribution in [0.25, 0.3) is 0 Å². The summed E-state index contributed by atoms with van der Waals surface area (Å²) in [5.74, 6) is -0.237. The van der Waals surface area contributed by atoms with E-state index in [-0.39, 0.29) is 23.8 Å². The van der Waals surface area contributed by atoms with Crippen molar-refractivity contribution in [1.82, 2.24) is 10.2 Å². The van der Waals surface area contributed by atoms with Gasteiger partial charge in [0.1, 0.15) is 0 Å². The molecular weight excluding hydrogens is 276 g/mol. The first-order valence-corrected chi connectivity index (χ1v) is 7.12. The Labute approximate surface area is 124 Å². The number of hydrogen-bond acceptors (Lipinski definition) is 2. The molecule has 1 aliphatic heterocycles. The smallest absolute Gasteiger partial charge is 0.225 e. The third-order valence-corrected chi connectivity index (χ3v) is 3.77. The fourth-order valence-electron chi connectivity index (χ4n) is 2.47. The van der Waals surface area contributed by atoms with Crippen molar-refractivity contribution in [2.24, 2.45) is 5.92 Å². The summed E-state index contributed by atoms with van der Waals surface area (Å²) in [5, 5.41) is 3.67. The van der Waals surface area contributed by atoms with Gasteiger partial charge in [0.25, 0.3) is 0 Å². The SMILES string of the molecule is CC(Cc1cccc(Cl)c1)NC(=O)C1CC(=O)N(C)C1. The van der Waals surface area contributed by atoms with Crippen LogP contribution in [0, 0.1) is 5.92 Å². The van der Waals surface area contributed by atoms with Crippen LogP contribution in [0.5, 0.6) is 0 Å². The Balaban J connectivity index is 1.87. The topological polar surface area (TPSA) is 49.4 Å². The molecule has 0 radical (unpaired) electrons. The number of benzene rings is 1. The molecule has 1 aliphatic rings. The largest absolute Gasteiger partial charge is 0.353 e. The van der Waals surface area contributed by atoms with Gasteiger partial charge >= 0.3 is 0 Å². The average Bonchev–Trinajstić information content (AvgIpc) is 2.69. The molecule has 1 aromatic rings. The second-order valence-electron chi connectivity index (χ2n) is 5.42. The van der Waals surface area contributed by atoms with Gasteiger partial charge in [-0.2, -0.15) is 0 Å². The van der Waals surface area contributed by atoms with Crippen molar-refractivity contribution in [3.05, 3.63) is 34.9 Å². The number of carbonyl (C=O) groups excluding carboxylic acids is 2. The van der Waals surface area contributed by atoms with Crippen molar-refractivity contribution in [2.45, 2.75) is 25.8 Å². The Morgan fingerprint density at radius 1 is 1.55 bits per heavy atom. The van der Waals surface area contributed by atoms with Gasteiger partial charge in [0.05, 0.1) is 5.92 Å². The zero-order valence-electron chi connectivity index (χ0n) is 11.7. The van der Waals surface area contributed by atoms with Gasteiger partial charge < -0.3 is 10.2 Å². The third-order valence-electron chi connectivity index (χ3n) is 3.53. The summed E-state index contributed by atoms with van der Waals surface area (Å²) in [6.07, 6.45) is 1.04. The lowest BCUT2D eigenvalue weighted by atomic mass is 10.0. The number of nitrogens with zero attached hydrogens (tertiary/aromatic N) is 1. The zero-order chi connectivity index (χ0) is 14.7. The van der Waals surface area contributed by atoms with Crippen LogP contribution >= 0.6 is 11.6 Å². The van der Waals surface area contributed by atoms with E-state index < -0.39 is 0 Å². The Hall–Kier alpha value is -1.55. The standard InChI is InChI=1S/C15H19ClN2O2/c1-10(6-11-4-3-5-13(16)7-11)17-15(20)12-8-14(19)18(2)9-12/h3-5,7,10,12H,6,8-9H2,1-2H3,(H,17,20). The van der Waals surface area contributed by atoms with Crippen LogP contribution in [0.4, 0.5) is 0 Å². The second-order valence-corrected chi connectivity index (χ2v) is 5.86. The van der Waals surface area contributed by atoms with E-state index in [0.717, 1.165) is 12.0 Å². The highest BCUT2D eigenvalue weighted by Gasteiger charge is 2.32. The molecule has 0 bridgehead atoms. The fourth-order valence-corrected chi connectivity index (χ4v) is 2.68. The minimum Gasteiger partial charge on any atom is -0.353 e. The molecule has 2 atom stereocenters. The molecule has 4 nitrogen and oxygen atoms in total. The Morgan fingerprint density at radius 2 is 2.30 bits per heavy atom. The molecule has 1 fully saturated rings. The quantitative estimate of drug-likeness (QED) is 0.921. The first kappa shape index (κ1) is 14.9. The van der Waals surface area contributed by atoms with Crippen LogP contribution in [0.2, 0.25) is 5.02 Å². The molecule has 1 saturated heterocycles. The molecule has 20 heavy (non-hydrogen) atoms. The van der Waals surface area contributed by atoms with E-state index in [9.17, 15) is 9.59 Å². The maximum atomic E-state index is 12.1. The lowest BCUT2D eigenvalue weighted by Gasteiger charge is -2.17. The molecule has 2 unspecified atom stereocenters. The lowest BCUT2D eigenvalue weighted by molar-refractivity contribution is -0.128. The Bertz CT molecular complexity index is 518. The van der Waals surface area contributed by atoms with Crippen molar-refractivity contribution in [2.75, 3.05) is 13.6 Å². The van der Waals surface area contributed by atoms with Crippen molar-refractivity contribution in [3.8, 4) is 0 Å². The van der Waals surface area contributed by atoms with Gasteiger partial charge in [-0.05, 0) is 31.0 Å². The van der Waals surface area contributed by atoms with E-state index in [0.29, 0.717) is 18.0 Å². The highest BCUT2D eigenvalue weighted by molar-refractivity contribution is 6.30. The van der Waals surface area contributed by atoms with Gasteiger partial charge in [0.15, 0.2) is 0 Å². The van der Waals surface area contributed by atoms with Crippen LogP contribution in [0.15, 0.2) is 24.3 Å². The van der Waals surface area contributed by atoms with Gasteiger partial charge in [-0.25, -0.2) is 0 Å². The van der Waals surface area contributed by atoms with E-state index in [1.807, 2.05) is 31.2 Å². The normalized spacial score (nSPS) is 20.1. The summed E-state index contributed by atoms with van der Waals surface area (Å²) >= 11 is 5.94. The minimum absolute atomic E-state index is 0.0157. The van der Waals surface area contributed by atoms with Crippen LogP contribution in [0.3, 0.4) is 0 Å². The molecule has 0 saturated carbocycles. The number of amides is 2. The summed E-state index contributed by atoms with van der Waals surface area (Å²) in [6, 6.07) is 7.63. The minimum atomic E-state index is -0.227. The molecule has 2 amide bonds. The van der Waals surface area contributed by atoms with E-state index in [1.54, 1.807) is 11.9 Å². The van der Waals surface area contributed by atoms with Gasteiger partial charge in [-0.1, -0.05) is 23.7 Å². The number of nitrogens with one attached hydrogen (secondary N) is 1. The van der Waals surface area contributed by atoms with E-state index in [1.165, 1.54) is 0 Å². The van der Waals surface area contributed by atoms with Gasteiger partial charge in [-0.3, -0.25) is 9.59 Å². The maximum absolute atomic E-state index is 12.1. The first-order valence-electron chi connectivity index (χ1n) is 6.74. The number of likely N-dealkylation sites (tertiary alicyclic amines) is 1. The van der Waals surface area contributed by atoms with Crippen molar-refractivity contribution < 1.29 is 9.59 Å². The highest BCUT2D eigenvalue weighted by Crippen LogP contribution is 2.17. The van der Waals surface area contributed by atoms with Crippen molar-refractivity contribution >= 4 is 23.4 Å². The third kappa shape index (κ3) is 3.73. The first-order chi connectivity index (χ1) is 9.45. The van der Waals surface area contributed by atoms with Crippen LogP contribution in [-0.2, 0) is 16.0 Å². The predicted molar refractivity (Wildman–Crippen MR) is 78.5 cm³/mol.